The summed E-state index contributed by atoms with van der Waals surface area (Å²) in [6.07, 6.45) is 19.1. The fourth-order valence-corrected chi connectivity index (χ4v) is 2.23. The van der Waals surface area contributed by atoms with E-state index in [1.54, 1.807) is 12.3 Å². The third kappa shape index (κ3) is 4.67. The number of benzene rings is 1. The summed E-state index contributed by atoms with van der Waals surface area (Å²) in [5.74, 6) is -0.0839. The maximum Gasteiger partial charge on any atom is 2.00 e. The van der Waals surface area contributed by atoms with Gasteiger partial charge in [-0.2, -0.15) is 5.10 Å². The van der Waals surface area contributed by atoms with E-state index in [0.717, 1.165) is 29.8 Å². The standard InChI is InChI=1S/C14H9F2N2.C5H5.Fe/c15-11-5-6-12(16)14(9-11)18-13(7-8-17-18)10-3-1-2-4-10;1-2-4-5-3-1;/h1-9H;1-5H;/q;;+2. The van der Waals surface area contributed by atoms with E-state index >= 15 is 0 Å². The van der Waals surface area contributed by atoms with Gasteiger partial charge in [-0.15, -0.1) is 0 Å². The summed E-state index contributed by atoms with van der Waals surface area (Å²) < 4.78 is 28.3. The van der Waals surface area contributed by atoms with E-state index in [0.29, 0.717) is 0 Å². The second-order valence-corrected chi connectivity index (χ2v) is 4.86. The Morgan fingerprint density at radius 3 is 2.04 bits per heavy atom. The Morgan fingerprint density at radius 2 is 1.42 bits per heavy atom. The number of rotatable bonds is 2. The molecule has 2 aliphatic carbocycles. The summed E-state index contributed by atoms with van der Waals surface area (Å²) in [5, 5.41) is 4.05. The Labute approximate surface area is 153 Å². The van der Waals surface area contributed by atoms with Crippen LogP contribution in [0, 0.1) is 75.3 Å². The van der Waals surface area contributed by atoms with Crippen LogP contribution < -0.4 is 0 Å². The molecule has 5 heteroatoms. The van der Waals surface area contributed by atoms with Crippen LogP contribution in [-0.4, -0.2) is 9.78 Å². The van der Waals surface area contributed by atoms with Crippen LogP contribution in [0.5, 0.6) is 0 Å². The third-order valence-corrected chi connectivity index (χ3v) is 3.29. The second kappa shape index (κ2) is 9.33. The Hall–Kier alpha value is -1.19. The summed E-state index contributed by atoms with van der Waals surface area (Å²) in [6.45, 7) is 0. The molecule has 0 spiro atoms. The van der Waals surface area contributed by atoms with Crippen molar-refractivity contribution in [3.63, 3.8) is 0 Å². The summed E-state index contributed by atoms with van der Waals surface area (Å²) in [7, 11) is 0. The van der Waals surface area contributed by atoms with Crippen LogP contribution in [0.2, 0.25) is 0 Å². The predicted octanol–water partition coefficient (Wildman–Crippen LogP) is 3.92. The SMILES string of the molecule is Fc1ccc(F)c(-n2nccc2[C]2[CH][CH][CH][CH]2)c1.[CH]1[CH][CH][CH][CH]1.[Fe+2]. The number of nitrogens with zero attached hydrogens (tertiary/aromatic N) is 2. The zero-order chi connectivity index (χ0) is 16.1. The molecular formula is C19H14F2FeN2+2. The van der Waals surface area contributed by atoms with Crippen LogP contribution in [0.25, 0.3) is 5.69 Å². The van der Waals surface area contributed by atoms with Gasteiger partial charge in [0.25, 0.3) is 0 Å². The van der Waals surface area contributed by atoms with Gasteiger partial charge in [-0.25, -0.2) is 13.5 Å². The molecule has 0 amide bonds. The molecule has 0 saturated heterocycles. The van der Waals surface area contributed by atoms with Crippen LogP contribution in [-0.2, 0) is 17.1 Å². The van der Waals surface area contributed by atoms with Crippen molar-refractivity contribution in [3.8, 4) is 5.69 Å². The van der Waals surface area contributed by atoms with Gasteiger partial charge in [0.1, 0.15) is 17.3 Å². The van der Waals surface area contributed by atoms with Gasteiger partial charge in [-0.05, 0) is 76.0 Å². The molecule has 0 bridgehead atoms. The average molecular weight is 364 g/mol. The zero-order valence-corrected chi connectivity index (χ0v) is 13.7. The minimum absolute atomic E-state index is 0. The molecule has 0 aliphatic heterocycles. The van der Waals surface area contributed by atoms with Gasteiger partial charge < -0.3 is 0 Å². The summed E-state index contributed by atoms with van der Waals surface area (Å²) in [5.41, 5.74) is 0.834. The maximum absolute atomic E-state index is 13.7. The number of hydrogen-bond acceptors (Lipinski definition) is 1. The molecule has 120 valence electrons. The largest absolute Gasteiger partial charge is 2.00 e. The van der Waals surface area contributed by atoms with Crippen molar-refractivity contribution in [2.45, 2.75) is 0 Å². The normalized spacial score (nSPS) is 17.2. The molecule has 24 heavy (non-hydrogen) atoms. The third-order valence-electron chi connectivity index (χ3n) is 3.29. The van der Waals surface area contributed by atoms with Gasteiger partial charge >= 0.3 is 17.1 Å². The van der Waals surface area contributed by atoms with Crippen molar-refractivity contribution in [3.05, 3.63) is 111 Å². The van der Waals surface area contributed by atoms with Crippen LogP contribution in [0.1, 0.15) is 5.69 Å². The van der Waals surface area contributed by atoms with Crippen molar-refractivity contribution < 1.29 is 25.8 Å². The van der Waals surface area contributed by atoms with Crippen molar-refractivity contribution >= 4 is 0 Å². The zero-order valence-electron chi connectivity index (χ0n) is 12.6. The van der Waals surface area contributed by atoms with Gasteiger partial charge in [0.15, 0.2) is 0 Å². The molecule has 10 radical (unpaired) electrons. The van der Waals surface area contributed by atoms with Gasteiger partial charge in [0.05, 0.1) is 5.69 Å². The van der Waals surface area contributed by atoms with Crippen molar-refractivity contribution in [2.75, 3.05) is 0 Å². The van der Waals surface area contributed by atoms with E-state index in [1.807, 2.05) is 57.8 Å². The van der Waals surface area contributed by atoms with E-state index in [2.05, 4.69) is 5.10 Å². The monoisotopic (exact) mass is 364 g/mol. The molecule has 1 heterocycles. The molecule has 1 aromatic carbocycles. The maximum atomic E-state index is 13.7. The Balaban J connectivity index is 0.000000300. The minimum Gasteiger partial charge on any atom is -0.234 e. The molecular weight excluding hydrogens is 350 g/mol. The second-order valence-electron chi connectivity index (χ2n) is 4.86. The Morgan fingerprint density at radius 1 is 0.792 bits per heavy atom. The van der Waals surface area contributed by atoms with Crippen molar-refractivity contribution in [1.82, 2.24) is 9.78 Å². The first kappa shape index (κ1) is 19.1. The van der Waals surface area contributed by atoms with Gasteiger partial charge in [-0.3, -0.25) is 0 Å². The first-order valence-corrected chi connectivity index (χ1v) is 7.14. The van der Waals surface area contributed by atoms with Crippen molar-refractivity contribution in [2.24, 2.45) is 0 Å². The van der Waals surface area contributed by atoms with Gasteiger partial charge in [-0.1, -0.05) is 0 Å². The van der Waals surface area contributed by atoms with Gasteiger partial charge in [0, 0.05) is 18.2 Å². The van der Waals surface area contributed by atoms with E-state index in [1.165, 1.54) is 4.68 Å². The number of aromatic nitrogens is 2. The van der Waals surface area contributed by atoms with Gasteiger partial charge in [0.2, 0.25) is 0 Å². The van der Waals surface area contributed by atoms with Crippen LogP contribution in [0.4, 0.5) is 8.78 Å². The summed E-state index contributed by atoms with van der Waals surface area (Å²) in [4.78, 5) is 0. The molecule has 0 N–H and O–H groups in total. The number of hydrogen-bond donors (Lipinski definition) is 0. The van der Waals surface area contributed by atoms with E-state index in [9.17, 15) is 8.78 Å². The molecule has 1 aromatic heterocycles. The van der Waals surface area contributed by atoms with E-state index in [4.69, 9.17) is 0 Å². The number of halogens is 2. The first-order valence-electron chi connectivity index (χ1n) is 7.14. The van der Waals surface area contributed by atoms with Crippen LogP contribution in [0.3, 0.4) is 0 Å². The van der Waals surface area contributed by atoms with Crippen molar-refractivity contribution in [1.29, 1.82) is 0 Å². The fourth-order valence-electron chi connectivity index (χ4n) is 2.23. The van der Waals surface area contributed by atoms with E-state index in [-0.39, 0.29) is 22.8 Å². The molecule has 2 aromatic rings. The molecule has 2 fully saturated rings. The minimum atomic E-state index is -0.507. The molecule has 0 unspecified atom stereocenters. The van der Waals surface area contributed by atoms with Crippen LogP contribution >= 0.6 is 0 Å². The predicted molar refractivity (Wildman–Crippen MR) is 84.5 cm³/mol. The smallest absolute Gasteiger partial charge is 0.234 e. The Kier molecular flexibility index (Phi) is 7.44. The fraction of sp³-hybridized carbons (Fsp3) is 0. The molecule has 4 rings (SSSR count). The van der Waals surface area contributed by atoms with E-state index < -0.39 is 11.6 Å². The first-order chi connectivity index (χ1) is 11.3. The molecule has 0 atom stereocenters. The molecule has 2 saturated carbocycles. The molecule has 2 aliphatic rings. The summed E-state index contributed by atoms with van der Waals surface area (Å²) >= 11 is 0. The molecule has 2 nitrogen and oxygen atoms in total. The van der Waals surface area contributed by atoms with Crippen LogP contribution in [0.15, 0.2) is 30.5 Å². The average Bonchev–Trinajstić information content (AvgIpc) is 3.32. The topological polar surface area (TPSA) is 17.8 Å². The summed E-state index contributed by atoms with van der Waals surface area (Å²) in [6, 6.07) is 5.08. The quantitative estimate of drug-likeness (QED) is 0.739. The Bertz CT molecular complexity index is 624.